The van der Waals surface area contributed by atoms with Crippen LogP contribution in [-0.4, -0.2) is 74.8 Å². The number of ether oxygens (including phenoxy) is 1. The molecule has 0 bridgehead atoms. The summed E-state index contributed by atoms with van der Waals surface area (Å²) >= 11 is 0. The predicted octanol–water partition coefficient (Wildman–Crippen LogP) is 0.578. The third-order valence-electron chi connectivity index (χ3n) is 4.66. The number of sulfonamides is 1. The van der Waals surface area contributed by atoms with Crippen LogP contribution in [0, 0.1) is 0 Å². The first-order valence-electron chi connectivity index (χ1n) is 8.55. The number of para-hydroxylation sites is 1. The van der Waals surface area contributed by atoms with E-state index in [9.17, 15) is 13.2 Å². The molecule has 1 saturated heterocycles. The summed E-state index contributed by atoms with van der Waals surface area (Å²) in [4.78, 5) is 18.8. The van der Waals surface area contributed by atoms with E-state index in [-0.39, 0.29) is 22.9 Å². The van der Waals surface area contributed by atoms with Crippen molar-refractivity contribution in [3.63, 3.8) is 0 Å². The molecule has 1 aromatic carbocycles. The molecule has 1 aromatic rings. The van der Waals surface area contributed by atoms with Gasteiger partial charge in [-0.05, 0) is 26.0 Å². The van der Waals surface area contributed by atoms with Crippen molar-refractivity contribution in [3.8, 4) is 0 Å². The first-order chi connectivity index (χ1) is 12.3. The molecule has 2 aliphatic heterocycles. The first-order valence-corrected chi connectivity index (χ1v) is 9.99. The van der Waals surface area contributed by atoms with Gasteiger partial charge in [0.1, 0.15) is 17.8 Å². The van der Waals surface area contributed by atoms with Gasteiger partial charge in [-0.15, -0.1) is 0 Å². The van der Waals surface area contributed by atoms with Crippen molar-refractivity contribution < 1.29 is 17.9 Å². The zero-order valence-electron chi connectivity index (χ0n) is 15.0. The molecule has 0 aromatic heterocycles. The fourth-order valence-electron chi connectivity index (χ4n) is 3.02. The third-order valence-corrected chi connectivity index (χ3v) is 6.40. The normalized spacial score (nSPS) is 19.8. The van der Waals surface area contributed by atoms with E-state index >= 15 is 0 Å². The number of hydrogen-bond donors (Lipinski definition) is 1. The number of carbonyl (C=O) groups excluding carboxylic acids is 1. The van der Waals surface area contributed by atoms with Crippen LogP contribution in [0.15, 0.2) is 34.2 Å². The lowest BCUT2D eigenvalue weighted by Gasteiger charge is -2.40. The molecule has 26 heavy (non-hydrogen) atoms. The van der Waals surface area contributed by atoms with Gasteiger partial charge in [0.25, 0.3) is 10.0 Å². The molecule has 0 atom stereocenters. The van der Waals surface area contributed by atoms with Crippen LogP contribution in [0.4, 0.5) is 5.69 Å². The zero-order valence-corrected chi connectivity index (χ0v) is 15.8. The van der Waals surface area contributed by atoms with Crippen molar-refractivity contribution in [1.82, 2.24) is 14.5 Å². The summed E-state index contributed by atoms with van der Waals surface area (Å²) in [6.45, 7) is 7.22. The number of aliphatic imine (C=N–C) groups is 1. The number of nitrogens with zero attached hydrogens (tertiary/aromatic N) is 3. The van der Waals surface area contributed by atoms with Crippen LogP contribution in [0.5, 0.6) is 0 Å². The molecular formula is C17H24N4O4S. The molecule has 8 nitrogen and oxygen atoms in total. The van der Waals surface area contributed by atoms with Gasteiger partial charge in [-0.3, -0.25) is 9.69 Å². The highest BCUT2D eigenvalue weighted by Gasteiger charge is 2.31. The zero-order chi connectivity index (χ0) is 18.8. The van der Waals surface area contributed by atoms with E-state index in [2.05, 4.69) is 15.2 Å². The Morgan fingerprint density at radius 1 is 1.27 bits per heavy atom. The van der Waals surface area contributed by atoms with Gasteiger partial charge in [-0.25, -0.2) is 17.7 Å². The Kier molecular flexibility index (Phi) is 5.31. The second kappa shape index (κ2) is 7.34. The Morgan fingerprint density at radius 3 is 2.69 bits per heavy atom. The minimum Gasteiger partial charge on any atom is -0.379 e. The maximum atomic E-state index is 12.6. The lowest BCUT2D eigenvalue weighted by Crippen LogP contribution is -2.56. The Bertz CT molecular complexity index is 801. The van der Waals surface area contributed by atoms with Crippen LogP contribution in [0.2, 0.25) is 0 Å². The van der Waals surface area contributed by atoms with Gasteiger partial charge >= 0.3 is 0 Å². The van der Waals surface area contributed by atoms with E-state index in [1.807, 2.05) is 13.8 Å². The van der Waals surface area contributed by atoms with Crippen LogP contribution < -0.4 is 5.32 Å². The molecular weight excluding hydrogens is 356 g/mol. The number of amides is 1. The second-order valence-corrected chi connectivity index (χ2v) is 8.81. The van der Waals surface area contributed by atoms with Crippen molar-refractivity contribution in [1.29, 1.82) is 0 Å². The summed E-state index contributed by atoms with van der Waals surface area (Å²) in [6.07, 6.45) is 1.20. The van der Waals surface area contributed by atoms with Crippen LogP contribution in [0.1, 0.15) is 13.8 Å². The van der Waals surface area contributed by atoms with E-state index in [0.717, 1.165) is 17.4 Å². The van der Waals surface area contributed by atoms with Crippen LogP contribution in [-0.2, 0) is 19.6 Å². The molecule has 9 heteroatoms. The van der Waals surface area contributed by atoms with Gasteiger partial charge in [-0.1, -0.05) is 12.1 Å². The number of carbonyl (C=O) groups is 1. The summed E-state index contributed by atoms with van der Waals surface area (Å²) in [5.41, 5.74) is 0.151. The lowest BCUT2D eigenvalue weighted by molar-refractivity contribution is -0.121. The predicted molar refractivity (Wildman–Crippen MR) is 98.0 cm³/mol. The molecule has 0 aliphatic carbocycles. The number of fused-ring (bicyclic) bond motifs is 1. The van der Waals surface area contributed by atoms with Crippen LogP contribution >= 0.6 is 0 Å². The number of hydrogen-bond acceptors (Lipinski definition) is 6. The summed E-state index contributed by atoms with van der Waals surface area (Å²) < 4.78 is 31.6. The Labute approximate surface area is 153 Å². The van der Waals surface area contributed by atoms with Gasteiger partial charge in [0.2, 0.25) is 5.91 Å². The second-order valence-electron chi connectivity index (χ2n) is 6.95. The Morgan fingerprint density at radius 2 is 1.96 bits per heavy atom. The number of rotatable bonds is 5. The fourth-order valence-corrected chi connectivity index (χ4v) is 4.36. The minimum atomic E-state index is -3.76. The molecule has 2 aliphatic rings. The maximum Gasteiger partial charge on any atom is 0.267 e. The molecule has 3 rings (SSSR count). The average molecular weight is 380 g/mol. The quantitative estimate of drug-likeness (QED) is 0.807. The summed E-state index contributed by atoms with van der Waals surface area (Å²) in [7, 11) is -3.76. The summed E-state index contributed by atoms with van der Waals surface area (Å²) in [6, 6.07) is 6.49. The van der Waals surface area contributed by atoms with E-state index in [1.54, 1.807) is 18.2 Å². The lowest BCUT2D eigenvalue weighted by atomic mass is 10.0. The van der Waals surface area contributed by atoms with E-state index in [4.69, 9.17) is 4.74 Å². The van der Waals surface area contributed by atoms with Gasteiger partial charge in [0.05, 0.1) is 18.9 Å². The molecule has 2 heterocycles. The molecule has 1 N–H and O–H groups in total. The van der Waals surface area contributed by atoms with Crippen LogP contribution in [0.25, 0.3) is 0 Å². The molecule has 142 valence electrons. The first kappa shape index (κ1) is 18.8. The van der Waals surface area contributed by atoms with E-state index in [0.29, 0.717) is 25.4 Å². The highest BCUT2D eigenvalue weighted by molar-refractivity contribution is 7.89. The van der Waals surface area contributed by atoms with Crippen molar-refractivity contribution in [3.05, 3.63) is 24.3 Å². The van der Waals surface area contributed by atoms with Gasteiger partial charge in [-0.2, -0.15) is 0 Å². The Balaban J connectivity index is 1.60. The average Bonchev–Trinajstić information content (AvgIpc) is 2.63. The largest absolute Gasteiger partial charge is 0.379 e. The van der Waals surface area contributed by atoms with Gasteiger partial charge in [0, 0.05) is 25.2 Å². The van der Waals surface area contributed by atoms with Gasteiger partial charge in [0.15, 0.2) is 0 Å². The molecule has 0 radical (unpaired) electrons. The number of benzene rings is 1. The SMILES string of the molecule is CC(C)(CNC(=O)CN1C=Nc2ccccc2S1(=O)=O)N1CCOCC1. The Hall–Kier alpha value is -1.97. The topological polar surface area (TPSA) is 91.3 Å². The molecule has 0 saturated carbocycles. The van der Waals surface area contributed by atoms with E-state index in [1.165, 1.54) is 12.4 Å². The molecule has 0 spiro atoms. The monoisotopic (exact) mass is 380 g/mol. The molecule has 1 amide bonds. The number of morpholine rings is 1. The fraction of sp³-hybridized carbons (Fsp3) is 0.529. The highest BCUT2D eigenvalue weighted by atomic mass is 32.2. The smallest absolute Gasteiger partial charge is 0.267 e. The molecule has 1 fully saturated rings. The van der Waals surface area contributed by atoms with E-state index < -0.39 is 10.0 Å². The van der Waals surface area contributed by atoms with Crippen molar-refractivity contribution in [2.75, 3.05) is 39.4 Å². The highest BCUT2D eigenvalue weighted by Crippen LogP contribution is 2.29. The van der Waals surface area contributed by atoms with Crippen molar-refractivity contribution >= 4 is 28.0 Å². The molecule has 0 unspecified atom stereocenters. The third kappa shape index (κ3) is 3.89. The van der Waals surface area contributed by atoms with Crippen LogP contribution in [0.3, 0.4) is 0 Å². The minimum absolute atomic E-state index is 0.115. The summed E-state index contributed by atoms with van der Waals surface area (Å²) in [5.74, 6) is -0.360. The number of nitrogens with one attached hydrogen (secondary N) is 1. The maximum absolute atomic E-state index is 12.6. The summed E-state index contributed by atoms with van der Waals surface area (Å²) in [5, 5.41) is 2.84. The van der Waals surface area contributed by atoms with Crippen molar-refractivity contribution in [2.24, 2.45) is 4.99 Å². The standard InChI is InChI=1S/C17H24N4O4S/c1-17(2,20-7-9-25-10-8-20)12-18-16(22)11-21-13-19-14-5-3-4-6-15(14)26(21,23)24/h3-6,13H,7-12H2,1-2H3,(H,18,22). The van der Waals surface area contributed by atoms with Crippen molar-refractivity contribution in [2.45, 2.75) is 24.3 Å². The van der Waals surface area contributed by atoms with Gasteiger partial charge < -0.3 is 10.1 Å².